The Kier molecular flexibility index (Phi) is 4.08. The molecule has 2 rings (SSSR count). The molecule has 3 heteroatoms. The van der Waals surface area contributed by atoms with Crippen molar-refractivity contribution >= 4 is 11.6 Å². The molecule has 0 aliphatic carbocycles. The first-order valence-corrected chi connectivity index (χ1v) is 6.64. The summed E-state index contributed by atoms with van der Waals surface area (Å²) in [7, 11) is 1.81. The highest BCUT2D eigenvalue weighted by Crippen LogP contribution is 2.16. The summed E-state index contributed by atoms with van der Waals surface area (Å²) in [6.45, 7) is 4.56. The van der Waals surface area contributed by atoms with E-state index in [0.29, 0.717) is 17.8 Å². The number of hydrogen-bond donors (Lipinski definition) is 1. The SMILES string of the molecule is Cc1cccc(CN(C)C(=O)c2cc(N)ccc2C)c1. The van der Waals surface area contributed by atoms with Crippen LogP contribution in [0.2, 0.25) is 0 Å². The van der Waals surface area contributed by atoms with Crippen LogP contribution in [0.3, 0.4) is 0 Å². The van der Waals surface area contributed by atoms with Gasteiger partial charge >= 0.3 is 0 Å². The van der Waals surface area contributed by atoms with E-state index < -0.39 is 0 Å². The van der Waals surface area contributed by atoms with Crippen LogP contribution >= 0.6 is 0 Å². The Morgan fingerprint density at radius 2 is 1.90 bits per heavy atom. The van der Waals surface area contributed by atoms with E-state index in [2.05, 4.69) is 6.07 Å². The fraction of sp³-hybridized carbons (Fsp3) is 0.235. The molecule has 0 atom stereocenters. The van der Waals surface area contributed by atoms with Gasteiger partial charge in [-0.1, -0.05) is 35.9 Å². The molecule has 104 valence electrons. The van der Waals surface area contributed by atoms with Gasteiger partial charge in [-0.05, 0) is 37.1 Å². The number of carbonyl (C=O) groups excluding carboxylic acids is 1. The van der Waals surface area contributed by atoms with Crippen LogP contribution in [-0.4, -0.2) is 17.9 Å². The second-order valence-corrected chi connectivity index (χ2v) is 5.22. The lowest BCUT2D eigenvalue weighted by atomic mass is 10.1. The zero-order valence-corrected chi connectivity index (χ0v) is 12.2. The molecule has 0 saturated heterocycles. The first-order chi connectivity index (χ1) is 9.47. The van der Waals surface area contributed by atoms with Crippen LogP contribution in [0.15, 0.2) is 42.5 Å². The Balaban J connectivity index is 2.18. The number of benzene rings is 2. The van der Waals surface area contributed by atoms with E-state index in [9.17, 15) is 4.79 Å². The van der Waals surface area contributed by atoms with E-state index in [1.807, 2.05) is 51.2 Å². The maximum atomic E-state index is 12.5. The molecule has 3 nitrogen and oxygen atoms in total. The van der Waals surface area contributed by atoms with Crippen molar-refractivity contribution in [3.8, 4) is 0 Å². The number of nitrogens with two attached hydrogens (primary N) is 1. The van der Waals surface area contributed by atoms with Gasteiger partial charge in [-0.15, -0.1) is 0 Å². The molecule has 0 radical (unpaired) electrons. The maximum Gasteiger partial charge on any atom is 0.254 e. The first-order valence-electron chi connectivity index (χ1n) is 6.64. The monoisotopic (exact) mass is 268 g/mol. The summed E-state index contributed by atoms with van der Waals surface area (Å²) in [6, 6.07) is 13.6. The predicted octanol–water partition coefficient (Wildman–Crippen LogP) is 3.16. The summed E-state index contributed by atoms with van der Waals surface area (Å²) in [5.41, 5.74) is 10.3. The highest BCUT2D eigenvalue weighted by Gasteiger charge is 2.14. The van der Waals surface area contributed by atoms with Gasteiger partial charge in [0.15, 0.2) is 0 Å². The Bertz CT molecular complexity index is 635. The lowest BCUT2D eigenvalue weighted by molar-refractivity contribution is 0.0784. The minimum Gasteiger partial charge on any atom is -0.399 e. The fourth-order valence-electron chi connectivity index (χ4n) is 2.23. The van der Waals surface area contributed by atoms with Crippen LogP contribution < -0.4 is 5.73 Å². The van der Waals surface area contributed by atoms with Crippen LogP contribution in [0.1, 0.15) is 27.0 Å². The molecular weight excluding hydrogens is 248 g/mol. The number of carbonyl (C=O) groups is 1. The second kappa shape index (κ2) is 5.78. The molecule has 1 amide bonds. The predicted molar refractivity (Wildman–Crippen MR) is 82.6 cm³/mol. The van der Waals surface area contributed by atoms with Crippen molar-refractivity contribution in [2.24, 2.45) is 0 Å². The molecular formula is C17H20N2O. The van der Waals surface area contributed by atoms with E-state index in [4.69, 9.17) is 5.73 Å². The summed E-state index contributed by atoms with van der Waals surface area (Å²) < 4.78 is 0. The highest BCUT2D eigenvalue weighted by atomic mass is 16.2. The number of nitrogen functional groups attached to an aromatic ring is 1. The molecule has 0 aliphatic rings. The zero-order chi connectivity index (χ0) is 14.7. The molecule has 20 heavy (non-hydrogen) atoms. The number of hydrogen-bond acceptors (Lipinski definition) is 2. The standard InChI is InChI=1S/C17H20N2O/c1-12-5-4-6-14(9-12)11-19(3)17(20)16-10-15(18)8-7-13(16)2/h4-10H,11,18H2,1-3H3. The highest BCUT2D eigenvalue weighted by molar-refractivity contribution is 5.96. The summed E-state index contributed by atoms with van der Waals surface area (Å²) in [5, 5.41) is 0. The molecule has 2 aromatic rings. The van der Waals surface area contributed by atoms with Gasteiger partial charge in [-0.2, -0.15) is 0 Å². The number of aryl methyl sites for hydroxylation is 2. The molecule has 0 saturated carbocycles. The second-order valence-electron chi connectivity index (χ2n) is 5.22. The molecule has 0 spiro atoms. The van der Waals surface area contributed by atoms with Gasteiger partial charge in [0.1, 0.15) is 0 Å². The Hall–Kier alpha value is -2.29. The molecule has 0 heterocycles. The molecule has 0 bridgehead atoms. The molecule has 0 aliphatic heterocycles. The van der Waals surface area contributed by atoms with Gasteiger partial charge in [-0.25, -0.2) is 0 Å². The minimum atomic E-state index is -0.00342. The van der Waals surface area contributed by atoms with Crippen molar-refractivity contribution in [1.29, 1.82) is 0 Å². The third kappa shape index (κ3) is 3.18. The van der Waals surface area contributed by atoms with Crippen molar-refractivity contribution in [1.82, 2.24) is 4.90 Å². The third-order valence-corrected chi connectivity index (χ3v) is 3.34. The molecule has 0 unspecified atom stereocenters. The van der Waals surface area contributed by atoms with Gasteiger partial charge in [0.25, 0.3) is 5.91 Å². The van der Waals surface area contributed by atoms with Gasteiger partial charge in [-0.3, -0.25) is 4.79 Å². The third-order valence-electron chi connectivity index (χ3n) is 3.34. The summed E-state index contributed by atoms with van der Waals surface area (Å²) in [6.07, 6.45) is 0. The number of nitrogens with zero attached hydrogens (tertiary/aromatic N) is 1. The smallest absolute Gasteiger partial charge is 0.254 e. The number of anilines is 1. The normalized spacial score (nSPS) is 10.3. The lowest BCUT2D eigenvalue weighted by Gasteiger charge is -2.19. The largest absolute Gasteiger partial charge is 0.399 e. The van der Waals surface area contributed by atoms with Crippen molar-refractivity contribution in [3.05, 3.63) is 64.7 Å². The lowest BCUT2D eigenvalue weighted by Crippen LogP contribution is -2.27. The van der Waals surface area contributed by atoms with E-state index in [0.717, 1.165) is 11.1 Å². The van der Waals surface area contributed by atoms with Crippen molar-refractivity contribution < 1.29 is 4.79 Å². The van der Waals surface area contributed by atoms with Crippen molar-refractivity contribution in [2.45, 2.75) is 20.4 Å². The first kappa shape index (κ1) is 14.1. The maximum absolute atomic E-state index is 12.5. The summed E-state index contributed by atoms with van der Waals surface area (Å²) in [5.74, 6) is -0.00342. The van der Waals surface area contributed by atoms with E-state index in [1.165, 1.54) is 5.56 Å². The molecule has 2 N–H and O–H groups in total. The Morgan fingerprint density at radius 3 is 2.60 bits per heavy atom. The van der Waals surface area contributed by atoms with Gasteiger partial charge < -0.3 is 10.6 Å². The van der Waals surface area contributed by atoms with Gasteiger partial charge in [0.05, 0.1) is 0 Å². The van der Waals surface area contributed by atoms with Crippen LogP contribution in [0.25, 0.3) is 0 Å². The number of amides is 1. The fourth-order valence-corrected chi connectivity index (χ4v) is 2.23. The quantitative estimate of drug-likeness (QED) is 0.869. The van der Waals surface area contributed by atoms with Gasteiger partial charge in [0.2, 0.25) is 0 Å². The zero-order valence-electron chi connectivity index (χ0n) is 12.2. The van der Waals surface area contributed by atoms with Crippen LogP contribution in [0.5, 0.6) is 0 Å². The van der Waals surface area contributed by atoms with Crippen molar-refractivity contribution in [2.75, 3.05) is 12.8 Å². The molecule has 2 aromatic carbocycles. The Morgan fingerprint density at radius 1 is 1.15 bits per heavy atom. The van der Waals surface area contributed by atoms with Crippen molar-refractivity contribution in [3.63, 3.8) is 0 Å². The van der Waals surface area contributed by atoms with E-state index >= 15 is 0 Å². The summed E-state index contributed by atoms with van der Waals surface area (Å²) in [4.78, 5) is 14.2. The van der Waals surface area contributed by atoms with Crippen LogP contribution in [-0.2, 0) is 6.54 Å². The minimum absolute atomic E-state index is 0.00342. The van der Waals surface area contributed by atoms with E-state index in [1.54, 1.807) is 11.0 Å². The molecule has 0 aromatic heterocycles. The van der Waals surface area contributed by atoms with E-state index in [-0.39, 0.29) is 5.91 Å². The average molecular weight is 268 g/mol. The Labute approximate surface area is 120 Å². The topological polar surface area (TPSA) is 46.3 Å². The molecule has 0 fully saturated rings. The average Bonchev–Trinajstić information content (AvgIpc) is 2.40. The summed E-state index contributed by atoms with van der Waals surface area (Å²) >= 11 is 0. The number of rotatable bonds is 3. The van der Waals surface area contributed by atoms with Gasteiger partial charge in [0, 0.05) is 24.8 Å². The van der Waals surface area contributed by atoms with Crippen LogP contribution in [0, 0.1) is 13.8 Å². The van der Waals surface area contributed by atoms with Crippen LogP contribution in [0.4, 0.5) is 5.69 Å².